The van der Waals surface area contributed by atoms with Crippen LogP contribution in [-0.2, 0) is 0 Å². The van der Waals surface area contributed by atoms with Crippen molar-refractivity contribution >= 4 is 43.1 Å². The number of fused-ring (bicyclic) bond motifs is 4. The van der Waals surface area contributed by atoms with Crippen molar-refractivity contribution in [3.05, 3.63) is 192 Å². The third-order valence-corrected chi connectivity index (χ3v) is 12.7. The summed E-state index contributed by atoms with van der Waals surface area (Å²) in [6, 6.07) is 42.2. The first-order chi connectivity index (χ1) is 33.2. The minimum absolute atomic E-state index is 0.0970. The van der Waals surface area contributed by atoms with E-state index in [9.17, 15) is 10.2 Å². The van der Waals surface area contributed by atoms with Crippen LogP contribution in [0.1, 0.15) is 31.4 Å². The molecule has 0 saturated heterocycles. The predicted octanol–water partition coefficient (Wildman–Crippen LogP) is 16.5. The van der Waals surface area contributed by atoms with Gasteiger partial charge in [0.2, 0.25) is 0 Å². The van der Waals surface area contributed by atoms with Crippen LogP contribution in [0.4, 0.5) is 26.3 Å². The lowest BCUT2D eigenvalue weighted by Crippen LogP contribution is -2.23. The number of rotatable bonds is 10. The van der Waals surface area contributed by atoms with E-state index in [0.29, 0.717) is 45.5 Å². The molecule has 0 aliphatic carbocycles. The van der Waals surface area contributed by atoms with Crippen molar-refractivity contribution in [3.63, 3.8) is 0 Å². The summed E-state index contributed by atoms with van der Waals surface area (Å²) in [7, 11) is 0. The maximum Gasteiger partial charge on any atom is 0.195 e. The smallest absolute Gasteiger partial charge is 0.195 e. The molecular weight excluding hydrogens is 887 g/mol. The number of aryl methyl sites for hydroxylation is 2. The molecule has 0 aliphatic heterocycles. The molecule has 0 spiro atoms. The van der Waals surface area contributed by atoms with Gasteiger partial charge in [0.1, 0.15) is 23.0 Å². The van der Waals surface area contributed by atoms with Gasteiger partial charge in [-0.05, 0) is 118 Å². The summed E-state index contributed by atoms with van der Waals surface area (Å²) in [4.78, 5) is 0. The first-order valence-electron chi connectivity index (χ1n) is 22.4. The number of phenolic OH excluding ortho intramolecular Hbond substituents is 2. The minimum atomic E-state index is -1.77. The Kier molecular flexibility index (Phi) is 11.4. The maximum absolute atomic E-state index is 16.3. The van der Waals surface area contributed by atoms with E-state index in [0.717, 1.165) is 43.1 Å². The number of aromatic hydroxyl groups is 2. The van der Waals surface area contributed by atoms with Crippen LogP contribution in [0.3, 0.4) is 0 Å². The lowest BCUT2D eigenvalue weighted by atomic mass is 9.88. The van der Waals surface area contributed by atoms with E-state index in [2.05, 4.69) is 0 Å². The Morgan fingerprint density at radius 2 is 0.681 bits per heavy atom. The number of phenols is 2. The monoisotopic (exact) mass is 928 g/mol. The average molecular weight is 929 g/mol. The Morgan fingerprint density at radius 3 is 1.00 bits per heavy atom. The van der Waals surface area contributed by atoms with Crippen molar-refractivity contribution in [1.29, 1.82) is 0 Å². The van der Waals surface area contributed by atoms with Crippen LogP contribution >= 0.6 is 0 Å². The molecule has 344 valence electrons. The van der Waals surface area contributed by atoms with E-state index in [-0.39, 0.29) is 17.5 Å². The predicted molar refractivity (Wildman–Crippen MR) is 262 cm³/mol. The summed E-state index contributed by atoms with van der Waals surface area (Å²) in [6.07, 6.45) is -2.05. The van der Waals surface area contributed by atoms with Crippen LogP contribution in [0, 0.1) is 48.8 Å². The molecule has 69 heavy (non-hydrogen) atoms. The summed E-state index contributed by atoms with van der Waals surface area (Å²) < 4.78 is 106. The molecule has 10 heteroatoms. The number of hydrogen-bond donors (Lipinski definition) is 2. The maximum atomic E-state index is 16.3. The van der Waals surface area contributed by atoms with Gasteiger partial charge >= 0.3 is 0 Å². The van der Waals surface area contributed by atoms with Crippen LogP contribution in [0.25, 0.3) is 87.6 Å². The third kappa shape index (κ3) is 7.89. The fraction of sp³-hybridized carbons (Fsp3) is 0.119. The summed E-state index contributed by atoms with van der Waals surface area (Å²) in [6.45, 7) is 6.56. The van der Waals surface area contributed by atoms with Gasteiger partial charge in [-0.1, -0.05) is 97.1 Å². The van der Waals surface area contributed by atoms with Crippen molar-refractivity contribution in [1.82, 2.24) is 0 Å². The summed E-state index contributed by atoms with van der Waals surface area (Å²) >= 11 is 0. The molecule has 4 nitrogen and oxygen atoms in total. The molecule has 0 unspecified atom stereocenters. The second-order valence-electron chi connectivity index (χ2n) is 17.6. The molecule has 0 saturated carbocycles. The molecule has 0 bridgehead atoms. The molecule has 0 aromatic heterocycles. The van der Waals surface area contributed by atoms with Gasteiger partial charge in [-0.25, -0.2) is 26.3 Å². The molecule has 0 aliphatic rings. The number of ether oxygens (including phenoxy) is 2. The van der Waals surface area contributed by atoms with E-state index >= 15 is 26.3 Å². The zero-order valence-corrected chi connectivity index (χ0v) is 37.7. The standard InChI is InChI=1S/C59H42F6O4/c1-30-21-42(50-38-17-9-5-13-34(38)26-35-14-6-10-18-39(35)50)58(66)44(23-30)52-48(28-46(60)54(62)56(52)64)68-32(3)25-33(4)69-49-29-47(61)55(63)57(65)53(49)45-24-31(2)22-43(59(45)67)51-40-19-11-7-15-36(40)27-37-16-8-12-20-41(37)51/h5-24,26-29,32-33,66-67H,25H2,1-4H3/t32-,33+. The van der Waals surface area contributed by atoms with Gasteiger partial charge in [0, 0.05) is 51.9 Å². The van der Waals surface area contributed by atoms with Crippen LogP contribution in [0.5, 0.6) is 23.0 Å². The zero-order valence-electron chi connectivity index (χ0n) is 37.7. The highest BCUT2D eigenvalue weighted by Gasteiger charge is 2.30. The molecule has 2 atom stereocenters. The van der Waals surface area contributed by atoms with Crippen molar-refractivity contribution in [2.45, 2.75) is 46.3 Å². The Balaban J connectivity index is 1.01. The van der Waals surface area contributed by atoms with Gasteiger partial charge in [0.15, 0.2) is 34.9 Å². The highest BCUT2D eigenvalue weighted by atomic mass is 19.2. The van der Waals surface area contributed by atoms with Gasteiger partial charge in [0.25, 0.3) is 0 Å². The first kappa shape index (κ1) is 44.8. The number of halogens is 6. The van der Waals surface area contributed by atoms with Crippen LogP contribution in [0.2, 0.25) is 0 Å². The zero-order chi connectivity index (χ0) is 48.4. The highest BCUT2D eigenvalue weighted by molar-refractivity contribution is 6.15. The van der Waals surface area contributed by atoms with Gasteiger partial charge in [-0.2, -0.15) is 0 Å². The van der Waals surface area contributed by atoms with Gasteiger partial charge in [0.05, 0.1) is 23.3 Å². The Bertz CT molecular complexity index is 3370. The van der Waals surface area contributed by atoms with Gasteiger partial charge < -0.3 is 19.7 Å². The normalized spacial score (nSPS) is 12.6. The number of hydrogen-bond acceptors (Lipinski definition) is 4. The van der Waals surface area contributed by atoms with E-state index in [4.69, 9.17) is 9.47 Å². The lowest BCUT2D eigenvalue weighted by molar-refractivity contribution is 0.130. The Hall–Kier alpha value is -7.98. The fourth-order valence-corrected chi connectivity index (χ4v) is 9.76. The topological polar surface area (TPSA) is 58.9 Å². The van der Waals surface area contributed by atoms with Crippen molar-refractivity contribution in [3.8, 4) is 67.5 Å². The average Bonchev–Trinajstić information content (AvgIpc) is 3.33. The second kappa shape index (κ2) is 17.6. The van der Waals surface area contributed by atoms with Crippen molar-refractivity contribution < 1.29 is 46.0 Å². The SMILES string of the molecule is Cc1cc(-c2c(O[C@H](C)C[C@H](C)Oc3cc(F)c(F)c(F)c3-c3cc(C)cc(-c4c5ccccc5cc5ccccc45)c3O)cc(F)c(F)c2F)c(O)c(-c2c3ccccc3cc3ccccc23)c1. The first-order valence-corrected chi connectivity index (χ1v) is 22.4. The van der Waals surface area contributed by atoms with E-state index in [1.54, 1.807) is 39.8 Å². The summed E-state index contributed by atoms with van der Waals surface area (Å²) in [5.41, 5.74) is 1.75. The number of benzene rings is 10. The van der Waals surface area contributed by atoms with Crippen LogP contribution in [0.15, 0.2) is 146 Å². The molecule has 0 heterocycles. The Labute approximate surface area is 393 Å². The largest absolute Gasteiger partial charge is 0.507 e. The molecule has 2 N–H and O–H groups in total. The molecule has 10 aromatic carbocycles. The molecule has 0 fully saturated rings. The molecular formula is C59H42F6O4. The minimum Gasteiger partial charge on any atom is -0.507 e. The third-order valence-electron chi connectivity index (χ3n) is 12.7. The molecule has 10 rings (SSSR count). The molecule has 0 radical (unpaired) electrons. The van der Waals surface area contributed by atoms with Crippen molar-refractivity contribution in [2.24, 2.45) is 0 Å². The van der Waals surface area contributed by atoms with Crippen molar-refractivity contribution in [2.75, 3.05) is 0 Å². The second-order valence-corrected chi connectivity index (χ2v) is 17.6. The van der Waals surface area contributed by atoms with Gasteiger partial charge in [-0.3, -0.25) is 0 Å². The van der Waals surface area contributed by atoms with E-state index in [1.807, 2.05) is 109 Å². The summed E-state index contributed by atoms with van der Waals surface area (Å²) in [5, 5.41) is 31.0. The van der Waals surface area contributed by atoms with Crippen LogP contribution < -0.4 is 9.47 Å². The lowest BCUT2D eigenvalue weighted by Gasteiger charge is -2.24. The highest BCUT2D eigenvalue weighted by Crippen LogP contribution is 2.50. The fourth-order valence-electron chi connectivity index (χ4n) is 9.76. The van der Waals surface area contributed by atoms with E-state index < -0.39 is 81.2 Å². The van der Waals surface area contributed by atoms with E-state index in [1.165, 1.54) is 12.1 Å². The molecule has 10 aromatic rings. The quantitative estimate of drug-likeness (QED) is 0.0815. The van der Waals surface area contributed by atoms with Gasteiger partial charge in [-0.15, -0.1) is 0 Å². The summed E-state index contributed by atoms with van der Waals surface area (Å²) in [5.74, 6) is -11.5. The molecule has 0 amide bonds. The Morgan fingerprint density at radius 1 is 0.391 bits per heavy atom. The van der Waals surface area contributed by atoms with Crippen LogP contribution in [-0.4, -0.2) is 22.4 Å².